The van der Waals surface area contributed by atoms with Crippen molar-refractivity contribution in [2.45, 2.75) is 39.0 Å². The Bertz CT molecular complexity index is 1540. The highest BCUT2D eigenvalue weighted by Gasteiger charge is 2.30. The summed E-state index contributed by atoms with van der Waals surface area (Å²) in [7, 11) is 4.39. The number of ether oxygens (including phenoxy) is 3. The molecule has 3 N–H and O–H groups in total. The predicted molar refractivity (Wildman–Crippen MR) is 143 cm³/mol. The average molecular weight is 522 g/mol. The van der Waals surface area contributed by atoms with Crippen molar-refractivity contribution in [2.75, 3.05) is 26.6 Å². The maximum atomic E-state index is 13.3. The highest BCUT2D eigenvalue weighted by molar-refractivity contribution is 5.94. The van der Waals surface area contributed by atoms with E-state index in [4.69, 9.17) is 18.6 Å². The molecule has 4 aromatic rings. The van der Waals surface area contributed by atoms with Crippen LogP contribution in [0.25, 0.3) is 11.0 Å². The lowest BCUT2D eigenvalue weighted by atomic mass is 9.87. The molecule has 2 heterocycles. The fourth-order valence-corrected chi connectivity index (χ4v) is 4.47. The maximum absolute atomic E-state index is 13.3. The van der Waals surface area contributed by atoms with E-state index in [0.717, 1.165) is 16.9 Å². The number of hydrogen-bond donors (Lipinski definition) is 3. The van der Waals surface area contributed by atoms with E-state index >= 15 is 0 Å². The SMILES string of the molecule is COc1ccc([C@@H](CC(=O)Nc2ccc3nc(C(C)C)[nH]c3c2)c2c(O)cc(C)oc2=O)c(OC)c1OC. The molecule has 10 nitrogen and oxygen atoms in total. The van der Waals surface area contributed by atoms with Crippen LogP contribution >= 0.6 is 0 Å². The van der Waals surface area contributed by atoms with Gasteiger partial charge in [0.2, 0.25) is 11.7 Å². The summed E-state index contributed by atoms with van der Waals surface area (Å²) in [5.41, 5.74) is 1.76. The molecule has 0 saturated carbocycles. The van der Waals surface area contributed by atoms with Crippen LogP contribution in [-0.4, -0.2) is 42.3 Å². The summed E-state index contributed by atoms with van der Waals surface area (Å²) in [5.74, 6) is 0.686. The number of aromatic nitrogens is 2. The van der Waals surface area contributed by atoms with Gasteiger partial charge >= 0.3 is 5.63 Å². The van der Waals surface area contributed by atoms with Gasteiger partial charge in [0.25, 0.3) is 0 Å². The number of benzene rings is 2. The van der Waals surface area contributed by atoms with Gasteiger partial charge in [-0.2, -0.15) is 0 Å². The lowest BCUT2D eigenvalue weighted by Crippen LogP contribution is -2.21. The number of aromatic hydroxyl groups is 1. The van der Waals surface area contributed by atoms with E-state index in [1.807, 2.05) is 19.9 Å². The third-order valence-electron chi connectivity index (χ3n) is 6.27. The largest absolute Gasteiger partial charge is 0.507 e. The van der Waals surface area contributed by atoms with Gasteiger partial charge in [-0.1, -0.05) is 19.9 Å². The Morgan fingerprint density at radius 1 is 1.08 bits per heavy atom. The predicted octanol–water partition coefficient (Wildman–Crippen LogP) is 4.84. The Hall–Kier alpha value is -4.47. The highest BCUT2D eigenvalue weighted by Crippen LogP contribution is 2.46. The zero-order valence-electron chi connectivity index (χ0n) is 22.2. The molecule has 0 spiro atoms. The van der Waals surface area contributed by atoms with Crippen LogP contribution in [0.4, 0.5) is 5.69 Å². The molecule has 0 aliphatic rings. The molecular formula is C28H31N3O7. The number of aromatic amines is 1. The molecule has 0 aliphatic heterocycles. The Morgan fingerprint density at radius 3 is 2.45 bits per heavy atom. The van der Waals surface area contributed by atoms with Crippen LogP contribution in [0, 0.1) is 6.92 Å². The molecular weight excluding hydrogens is 490 g/mol. The van der Waals surface area contributed by atoms with E-state index in [1.54, 1.807) is 31.2 Å². The Balaban J connectivity index is 1.75. The molecule has 10 heteroatoms. The zero-order valence-corrected chi connectivity index (χ0v) is 22.2. The van der Waals surface area contributed by atoms with Crippen LogP contribution in [-0.2, 0) is 4.79 Å². The number of nitrogens with one attached hydrogen (secondary N) is 2. The van der Waals surface area contributed by atoms with Gasteiger partial charge in [0.1, 0.15) is 17.3 Å². The van der Waals surface area contributed by atoms with Crippen molar-refractivity contribution in [1.82, 2.24) is 9.97 Å². The van der Waals surface area contributed by atoms with Crippen LogP contribution in [0.2, 0.25) is 0 Å². The topological polar surface area (TPSA) is 136 Å². The normalized spacial score (nSPS) is 12.0. The summed E-state index contributed by atoms with van der Waals surface area (Å²) in [5, 5.41) is 13.6. The van der Waals surface area contributed by atoms with Gasteiger partial charge in [-0.05, 0) is 31.2 Å². The van der Waals surface area contributed by atoms with Gasteiger partial charge in [-0.15, -0.1) is 0 Å². The molecule has 2 aromatic carbocycles. The van der Waals surface area contributed by atoms with Crippen molar-refractivity contribution in [2.24, 2.45) is 0 Å². The van der Waals surface area contributed by atoms with Crippen molar-refractivity contribution in [3.05, 3.63) is 69.5 Å². The highest BCUT2D eigenvalue weighted by atomic mass is 16.5. The van der Waals surface area contributed by atoms with Crippen molar-refractivity contribution in [1.29, 1.82) is 0 Å². The molecule has 0 saturated heterocycles. The van der Waals surface area contributed by atoms with Crippen LogP contribution in [0.3, 0.4) is 0 Å². The first-order valence-corrected chi connectivity index (χ1v) is 12.1. The molecule has 200 valence electrons. The summed E-state index contributed by atoms with van der Waals surface area (Å²) >= 11 is 0. The molecule has 0 radical (unpaired) electrons. The number of H-pyrrole nitrogens is 1. The first-order chi connectivity index (χ1) is 18.2. The minimum atomic E-state index is -0.926. The van der Waals surface area contributed by atoms with Crippen molar-refractivity contribution in [3.8, 4) is 23.0 Å². The monoisotopic (exact) mass is 521 g/mol. The van der Waals surface area contributed by atoms with Gasteiger partial charge in [0.05, 0.1) is 37.9 Å². The van der Waals surface area contributed by atoms with E-state index in [2.05, 4.69) is 15.3 Å². The van der Waals surface area contributed by atoms with Crippen molar-refractivity contribution in [3.63, 3.8) is 0 Å². The molecule has 0 aliphatic carbocycles. The van der Waals surface area contributed by atoms with E-state index in [1.165, 1.54) is 27.4 Å². The van der Waals surface area contributed by atoms with Crippen LogP contribution in [0.15, 0.2) is 45.6 Å². The van der Waals surface area contributed by atoms with E-state index in [0.29, 0.717) is 22.7 Å². The Kier molecular flexibility index (Phi) is 7.61. The van der Waals surface area contributed by atoms with Crippen LogP contribution in [0.1, 0.15) is 54.8 Å². The van der Waals surface area contributed by atoms with Gasteiger partial charge in [0.15, 0.2) is 11.5 Å². The number of rotatable bonds is 9. The number of imidazole rings is 1. The summed E-state index contributed by atoms with van der Waals surface area (Å²) < 4.78 is 21.8. The fourth-order valence-electron chi connectivity index (χ4n) is 4.47. The standard InChI is InChI=1S/C28H31N3O7/c1-14(2)27-30-19-9-7-16(12-20(19)31-27)29-23(33)13-18(24-21(32)11-15(3)38-28(24)34)17-8-10-22(35-4)26(37-6)25(17)36-5/h7-12,14,18,32H,13H2,1-6H3,(H,29,33)(H,30,31)/t18-/m1/s1. The van der Waals surface area contributed by atoms with Crippen LogP contribution in [0.5, 0.6) is 23.0 Å². The lowest BCUT2D eigenvalue weighted by Gasteiger charge is -2.22. The number of hydrogen-bond acceptors (Lipinski definition) is 8. The van der Waals surface area contributed by atoms with Gasteiger partial charge in [0, 0.05) is 35.6 Å². The fraction of sp³-hybridized carbons (Fsp3) is 0.321. The molecule has 0 unspecified atom stereocenters. The Labute approximate surface area is 219 Å². The number of fused-ring (bicyclic) bond motifs is 1. The lowest BCUT2D eigenvalue weighted by molar-refractivity contribution is -0.116. The second kappa shape index (κ2) is 10.9. The van der Waals surface area contributed by atoms with E-state index in [9.17, 15) is 14.7 Å². The molecule has 1 amide bonds. The minimum Gasteiger partial charge on any atom is -0.507 e. The molecule has 2 aromatic heterocycles. The first kappa shape index (κ1) is 26.6. The quantitative estimate of drug-likeness (QED) is 0.285. The zero-order chi connectivity index (χ0) is 27.6. The number of anilines is 1. The summed E-state index contributed by atoms with van der Waals surface area (Å²) in [6.45, 7) is 5.64. The molecule has 0 fully saturated rings. The van der Waals surface area contributed by atoms with E-state index in [-0.39, 0.29) is 35.2 Å². The third-order valence-corrected chi connectivity index (χ3v) is 6.27. The van der Waals surface area contributed by atoms with E-state index < -0.39 is 17.5 Å². The number of amides is 1. The second-order valence-corrected chi connectivity index (χ2v) is 9.18. The van der Waals surface area contributed by atoms with Gasteiger partial charge in [-0.3, -0.25) is 4.79 Å². The summed E-state index contributed by atoms with van der Waals surface area (Å²) in [4.78, 5) is 34.1. The Morgan fingerprint density at radius 2 is 1.82 bits per heavy atom. The van der Waals surface area contributed by atoms with Crippen LogP contribution < -0.4 is 25.2 Å². The van der Waals surface area contributed by atoms with Gasteiger partial charge in [-0.25, -0.2) is 9.78 Å². The minimum absolute atomic E-state index is 0.0677. The van der Waals surface area contributed by atoms with Gasteiger partial charge < -0.3 is 34.0 Å². The molecule has 1 atom stereocenters. The summed E-state index contributed by atoms with van der Waals surface area (Å²) in [6, 6.07) is 10.0. The third kappa shape index (κ3) is 5.15. The summed E-state index contributed by atoms with van der Waals surface area (Å²) in [6.07, 6.45) is -0.203. The van der Waals surface area contributed by atoms with Crippen molar-refractivity contribution < 1.29 is 28.5 Å². The smallest absolute Gasteiger partial charge is 0.343 e. The molecule has 4 rings (SSSR count). The number of carbonyl (C=O) groups excluding carboxylic acids is 1. The first-order valence-electron chi connectivity index (χ1n) is 12.1. The second-order valence-electron chi connectivity index (χ2n) is 9.18. The average Bonchev–Trinajstić information content (AvgIpc) is 3.30. The number of methoxy groups -OCH3 is 3. The molecule has 0 bridgehead atoms. The molecule has 38 heavy (non-hydrogen) atoms. The van der Waals surface area contributed by atoms with Crippen molar-refractivity contribution >= 4 is 22.6 Å². The number of aryl methyl sites for hydroxylation is 1. The maximum Gasteiger partial charge on any atom is 0.343 e. The number of nitrogens with zero attached hydrogens (tertiary/aromatic N) is 1. The number of carbonyl (C=O) groups is 1.